The van der Waals surface area contributed by atoms with Gasteiger partial charge in [-0.1, -0.05) is 45.0 Å². The van der Waals surface area contributed by atoms with E-state index in [1.165, 1.54) is 11.8 Å². The van der Waals surface area contributed by atoms with Crippen molar-refractivity contribution in [3.63, 3.8) is 0 Å². The molecule has 1 aromatic heterocycles. The van der Waals surface area contributed by atoms with Gasteiger partial charge in [0.1, 0.15) is 5.69 Å². The Morgan fingerprint density at radius 3 is 2.39 bits per heavy atom. The van der Waals surface area contributed by atoms with Crippen LogP contribution in [0.1, 0.15) is 42.4 Å². The Morgan fingerprint density at radius 2 is 1.89 bits per heavy atom. The molecule has 0 amide bonds. The summed E-state index contributed by atoms with van der Waals surface area (Å²) in [5, 5.41) is 9.86. The number of hydrogen-bond acceptors (Lipinski definition) is 3. The van der Waals surface area contributed by atoms with Gasteiger partial charge in [-0.2, -0.15) is 15.4 Å². The summed E-state index contributed by atoms with van der Waals surface area (Å²) in [6.07, 6.45) is 1.81. The molecule has 0 saturated heterocycles. The summed E-state index contributed by atoms with van der Waals surface area (Å²) in [7, 11) is 0. The molecule has 4 nitrogen and oxygen atoms in total. The molecule has 0 spiro atoms. The molecular formula is C14H17N3O. The van der Waals surface area contributed by atoms with Crippen molar-refractivity contribution in [2.45, 2.75) is 32.6 Å². The first-order chi connectivity index (χ1) is 8.47. The number of benzene rings is 1. The standard InChI is InChI=1S/C14H17N3O/c1-14(2,3)11-6-4-10(5-7-11)8-13(18)12-9-15-17-16-12/h4-7,9H,8H2,1-3H3,(H,15,16,17). The summed E-state index contributed by atoms with van der Waals surface area (Å²) in [6, 6.07) is 8.15. The number of ketones is 1. The average Bonchev–Trinajstić information content (AvgIpc) is 2.82. The van der Waals surface area contributed by atoms with Gasteiger partial charge in [0.2, 0.25) is 0 Å². The second kappa shape index (κ2) is 4.72. The summed E-state index contributed by atoms with van der Waals surface area (Å²) >= 11 is 0. The van der Waals surface area contributed by atoms with Gasteiger partial charge >= 0.3 is 0 Å². The third-order valence-electron chi connectivity index (χ3n) is 2.89. The second-order valence-corrected chi connectivity index (χ2v) is 5.40. The van der Waals surface area contributed by atoms with Gasteiger partial charge in [-0.05, 0) is 16.5 Å². The molecule has 0 aliphatic carbocycles. The molecule has 1 aromatic carbocycles. The van der Waals surface area contributed by atoms with Gasteiger partial charge < -0.3 is 0 Å². The predicted molar refractivity (Wildman–Crippen MR) is 69.6 cm³/mol. The Bertz CT molecular complexity index is 521. The number of rotatable bonds is 3. The molecule has 94 valence electrons. The number of aromatic amines is 1. The van der Waals surface area contributed by atoms with E-state index >= 15 is 0 Å². The zero-order valence-electron chi connectivity index (χ0n) is 10.9. The van der Waals surface area contributed by atoms with Gasteiger partial charge in [0.05, 0.1) is 6.20 Å². The maximum absolute atomic E-state index is 11.8. The highest BCUT2D eigenvalue weighted by molar-refractivity contribution is 5.95. The molecule has 2 aromatic rings. The van der Waals surface area contributed by atoms with E-state index in [1.54, 1.807) is 0 Å². The van der Waals surface area contributed by atoms with Crippen molar-refractivity contribution in [2.75, 3.05) is 0 Å². The monoisotopic (exact) mass is 243 g/mol. The molecule has 0 radical (unpaired) electrons. The van der Waals surface area contributed by atoms with Crippen LogP contribution in [0.25, 0.3) is 0 Å². The molecule has 0 saturated carbocycles. The second-order valence-electron chi connectivity index (χ2n) is 5.40. The van der Waals surface area contributed by atoms with E-state index < -0.39 is 0 Å². The number of Topliss-reactive ketones (excluding diaryl/α,β-unsaturated/α-hetero) is 1. The fourth-order valence-electron chi connectivity index (χ4n) is 1.73. The van der Waals surface area contributed by atoms with E-state index in [2.05, 4.69) is 48.3 Å². The number of aromatic nitrogens is 3. The zero-order chi connectivity index (χ0) is 13.2. The van der Waals surface area contributed by atoms with Crippen molar-refractivity contribution in [1.29, 1.82) is 0 Å². The lowest BCUT2D eigenvalue weighted by atomic mass is 9.86. The number of nitrogens with one attached hydrogen (secondary N) is 1. The molecule has 0 atom stereocenters. The third-order valence-corrected chi connectivity index (χ3v) is 2.89. The molecule has 4 heteroatoms. The molecule has 2 rings (SSSR count). The highest BCUT2D eigenvalue weighted by atomic mass is 16.1. The van der Waals surface area contributed by atoms with E-state index in [0.29, 0.717) is 12.1 Å². The van der Waals surface area contributed by atoms with Gasteiger partial charge in [-0.15, -0.1) is 0 Å². The highest BCUT2D eigenvalue weighted by Gasteiger charge is 2.14. The Morgan fingerprint density at radius 1 is 1.22 bits per heavy atom. The first-order valence-corrected chi connectivity index (χ1v) is 5.95. The van der Waals surface area contributed by atoms with Gasteiger partial charge in [-0.25, -0.2) is 0 Å². The first-order valence-electron chi connectivity index (χ1n) is 5.95. The van der Waals surface area contributed by atoms with Crippen LogP contribution in [0.15, 0.2) is 30.5 Å². The molecule has 1 N–H and O–H groups in total. The Kier molecular flexibility index (Phi) is 3.28. The quantitative estimate of drug-likeness (QED) is 0.843. The zero-order valence-corrected chi connectivity index (χ0v) is 10.9. The lowest BCUT2D eigenvalue weighted by Crippen LogP contribution is -2.11. The van der Waals surface area contributed by atoms with Crippen LogP contribution in [0.4, 0.5) is 0 Å². The van der Waals surface area contributed by atoms with Crippen molar-refractivity contribution in [1.82, 2.24) is 15.4 Å². The van der Waals surface area contributed by atoms with Gasteiger partial charge in [0.15, 0.2) is 5.78 Å². The van der Waals surface area contributed by atoms with Crippen molar-refractivity contribution in [3.8, 4) is 0 Å². The van der Waals surface area contributed by atoms with Crippen molar-refractivity contribution >= 4 is 5.78 Å². The minimum Gasteiger partial charge on any atom is -0.292 e. The average molecular weight is 243 g/mol. The minimum absolute atomic E-state index is 0.0211. The van der Waals surface area contributed by atoms with Crippen LogP contribution in [0.3, 0.4) is 0 Å². The summed E-state index contributed by atoms with van der Waals surface area (Å²) in [5.41, 5.74) is 2.78. The summed E-state index contributed by atoms with van der Waals surface area (Å²) in [4.78, 5) is 11.8. The number of carbonyl (C=O) groups is 1. The Hall–Kier alpha value is -1.97. The van der Waals surface area contributed by atoms with Crippen molar-refractivity contribution < 1.29 is 4.79 Å². The fraction of sp³-hybridized carbons (Fsp3) is 0.357. The molecule has 0 unspecified atom stereocenters. The minimum atomic E-state index is -0.0211. The smallest absolute Gasteiger partial charge is 0.189 e. The van der Waals surface area contributed by atoms with E-state index in [0.717, 1.165) is 5.56 Å². The SMILES string of the molecule is CC(C)(C)c1ccc(CC(=O)c2cn[nH]n2)cc1. The lowest BCUT2D eigenvalue weighted by molar-refractivity contribution is 0.0988. The number of H-pyrrole nitrogens is 1. The number of nitrogens with zero attached hydrogens (tertiary/aromatic N) is 2. The molecule has 1 heterocycles. The third kappa shape index (κ3) is 2.83. The van der Waals surface area contributed by atoms with E-state index in [9.17, 15) is 4.79 Å². The molecule has 0 bridgehead atoms. The maximum Gasteiger partial charge on any atom is 0.189 e. The van der Waals surface area contributed by atoms with Gasteiger partial charge in [0, 0.05) is 6.42 Å². The molecular weight excluding hydrogens is 226 g/mol. The van der Waals surface area contributed by atoms with Crippen LogP contribution >= 0.6 is 0 Å². The summed E-state index contributed by atoms with van der Waals surface area (Å²) < 4.78 is 0. The van der Waals surface area contributed by atoms with Crippen LogP contribution in [-0.2, 0) is 11.8 Å². The van der Waals surface area contributed by atoms with Crippen molar-refractivity contribution in [3.05, 3.63) is 47.3 Å². The summed E-state index contributed by atoms with van der Waals surface area (Å²) in [6.45, 7) is 6.51. The van der Waals surface area contributed by atoms with E-state index in [1.807, 2.05) is 12.1 Å². The molecule has 18 heavy (non-hydrogen) atoms. The summed E-state index contributed by atoms with van der Waals surface area (Å²) in [5.74, 6) is -0.0211. The van der Waals surface area contributed by atoms with Gasteiger partial charge in [0.25, 0.3) is 0 Å². The topological polar surface area (TPSA) is 58.6 Å². The molecule has 0 aliphatic rings. The normalized spacial score (nSPS) is 11.5. The molecule has 0 aliphatic heterocycles. The van der Waals surface area contributed by atoms with Crippen LogP contribution in [-0.4, -0.2) is 21.2 Å². The Balaban J connectivity index is 2.09. The predicted octanol–water partition coefficient (Wildman–Crippen LogP) is 2.53. The van der Waals surface area contributed by atoms with E-state index in [4.69, 9.17) is 0 Å². The molecule has 0 fully saturated rings. The fourth-order valence-corrected chi connectivity index (χ4v) is 1.73. The maximum atomic E-state index is 11.8. The van der Waals surface area contributed by atoms with Crippen LogP contribution in [0.5, 0.6) is 0 Å². The first kappa shape index (κ1) is 12.5. The van der Waals surface area contributed by atoms with Crippen molar-refractivity contribution in [2.24, 2.45) is 0 Å². The number of hydrogen-bond donors (Lipinski definition) is 1. The number of carbonyl (C=O) groups excluding carboxylic acids is 1. The van der Waals surface area contributed by atoms with Crippen LogP contribution in [0, 0.1) is 0 Å². The Labute approximate surface area is 106 Å². The highest BCUT2D eigenvalue weighted by Crippen LogP contribution is 2.22. The largest absolute Gasteiger partial charge is 0.292 e. The van der Waals surface area contributed by atoms with E-state index in [-0.39, 0.29) is 11.2 Å². The lowest BCUT2D eigenvalue weighted by Gasteiger charge is -2.19. The van der Waals surface area contributed by atoms with Crippen LogP contribution < -0.4 is 0 Å². The van der Waals surface area contributed by atoms with Gasteiger partial charge in [-0.3, -0.25) is 4.79 Å². The van der Waals surface area contributed by atoms with Crippen LogP contribution in [0.2, 0.25) is 0 Å².